The molecule has 0 amide bonds. The molecule has 2 aliphatic rings. The Balaban J connectivity index is 1.35. The number of nitrogens with zero attached hydrogens (tertiary/aromatic N) is 2. The van der Waals surface area contributed by atoms with Crippen LogP contribution >= 0.6 is 0 Å². The number of Topliss-reactive ketones (excluding diaryl/α,β-unsaturated/α-hetero) is 1. The Kier molecular flexibility index (Phi) is 7.17. The van der Waals surface area contributed by atoms with Crippen LogP contribution in [0.15, 0.2) is 59.5 Å². The highest BCUT2D eigenvalue weighted by atomic mass is 32.2. The average molecular weight is 442 g/mol. The van der Waals surface area contributed by atoms with Crippen LogP contribution in [-0.4, -0.2) is 62.7 Å². The van der Waals surface area contributed by atoms with Gasteiger partial charge in [0, 0.05) is 31.2 Å². The highest BCUT2D eigenvalue weighted by Crippen LogP contribution is 2.24. The van der Waals surface area contributed by atoms with Crippen LogP contribution in [0.3, 0.4) is 0 Å². The zero-order valence-corrected chi connectivity index (χ0v) is 18.7. The van der Waals surface area contributed by atoms with Crippen molar-refractivity contribution in [3.63, 3.8) is 0 Å². The number of nitrogens with one attached hydrogen (secondary N) is 1. The number of benzene rings is 2. The van der Waals surface area contributed by atoms with Crippen LogP contribution in [0.2, 0.25) is 0 Å². The van der Waals surface area contributed by atoms with E-state index in [1.807, 2.05) is 6.07 Å². The molecule has 0 aliphatic carbocycles. The molecule has 2 aromatic carbocycles. The van der Waals surface area contributed by atoms with Gasteiger partial charge in [0.1, 0.15) is 0 Å². The number of ketones is 1. The maximum absolute atomic E-state index is 12.7. The van der Waals surface area contributed by atoms with Gasteiger partial charge in [-0.1, -0.05) is 42.5 Å². The van der Waals surface area contributed by atoms with Gasteiger partial charge in [-0.25, -0.2) is 8.42 Å². The molecule has 1 unspecified atom stereocenters. The van der Waals surface area contributed by atoms with Gasteiger partial charge in [-0.3, -0.25) is 9.69 Å². The fourth-order valence-corrected chi connectivity index (χ4v) is 6.02. The van der Waals surface area contributed by atoms with Crippen molar-refractivity contribution in [2.45, 2.75) is 36.6 Å². The van der Waals surface area contributed by atoms with Gasteiger partial charge in [0.2, 0.25) is 10.0 Å². The molecule has 0 radical (unpaired) electrons. The predicted molar refractivity (Wildman–Crippen MR) is 122 cm³/mol. The fourth-order valence-electron chi connectivity index (χ4n) is 4.50. The number of likely N-dealkylation sites (tertiary alicyclic amines) is 1. The van der Waals surface area contributed by atoms with E-state index in [1.165, 1.54) is 22.7 Å². The molecule has 2 heterocycles. The third-order valence-corrected chi connectivity index (χ3v) is 8.18. The minimum atomic E-state index is -3.45. The molecule has 166 valence electrons. The summed E-state index contributed by atoms with van der Waals surface area (Å²) < 4.78 is 26.8. The van der Waals surface area contributed by atoms with Gasteiger partial charge in [0.25, 0.3) is 0 Å². The molecule has 4 rings (SSSR count). The summed E-state index contributed by atoms with van der Waals surface area (Å²) in [4.78, 5) is 15.4. The van der Waals surface area contributed by atoms with Crippen molar-refractivity contribution in [2.75, 3.05) is 39.3 Å². The summed E-state index contributed by atoms with van der Waals surface area (Å²) in [5.74, 6) is -0.0293. The molecule has 0 saturated carbocycles. The molecule has 6 nitrogen and oxygen atoms in total. The molecular formula is C24H31N3O3S. The number of carbonyl (C=O) groups excluding carboxylic acids is 1. The van der Waals surface area contributed by atoms with Gasteiger partial charge in [0.05, 0.1) is 11.4 Å². The minimum absolute atomic E-state index is 0.0293. The van der Waals surface area contributed by atoms with Crippen molar-refractivity contribution in [1.29, 1.82) is 0 Å². The van der Waals surface area contributed by atoms with Crippen molar-refractivity contribution in [1.82, 2.24) is 14.5 Å². The molecule has 0 spiro atoms. The van der Waals surface area contributed by atoms with Crippen LogP contribution in [0, 0.1) is 0 Å². The number of carbonyl (C=O) groups is 1. The van der Waals surface area contributed by atoms with Gasteiger partial charge in [-0.15, -0.1) is 0 Å². The van der Waals surface area contributed by atoms with Gasteiger partial charge in [0.15, 0.2) is 5.78 Å². The summed E-state index contributed by atoms with van der Waals surface area (Å²) in [6.07, 6.45) is 4.25. The number of sulfonamides is 1. The summed E-state index contributed by atoms with van der Waals surface area (Å²) in [5, 5.41) is 3.33. The van der Waals surface area contributed by atoms with E-state index in [0.29, 0.717) is 25.2 Å². The molecule has 0 bridgehead atoms. The number of rotatable bonds is 9. The lowest BCUT2D eigenvalue weighted by atomic mass is 10.1. The molecule has 7 heteroatoms. The van der Waals surface area contributed by atoms with E-state index in [2.05, 4.69) is 34.5 Å². The summed E-state index contributed by atoms with van der Waals surface area (Å²) in [7, 11) is -3.45. The van der Waals surface area contributed by atoms with E-state index in [1.54, 1.807) is 24.3 Å². The molecule has 31 heavy (non-hydrogen) atoms. The van der Waals surface area contributed by atoms with E-state index in [0.717, 1.165) is 25.9 Å². The Morgan fingerprint density at radius 3 is 2.13 bits per heavy atom. The first-order chi connectivity index (χ1) is 15.1. The van der Waals surface area contributed by atoms with Crippen LogP contribution in [0.1, 0.15) is 47.6 Å². The maximum Gasteiger partial charge on any atom is 0.243 e. The molecule has 1 atom stereocenters. The Morgan fingerprint density at radius 1 is 0.871 bits per heavy atom. The summed E-state index contributed by atoms with van der Waals surface area (Å²) >= 11 is 0. The first kappa shape index (κ1) is 22.1. The molecule has 2 aliphatic heterocycles. The zero-order chi connectivity index (χ0) is 21.7. The fraction of sp³-hybridized carbons (Fsp3) is 0.458. The molecule has 1 N–H and O–H groups in total. The normalized spacial score (nSPS) is 19.0. The van der Waals surface area contributed by atoms with Gasteiger partial charge < -0.3 is 5.32 Å². The molecule has 2 aromatic rings. The SMILES string of the molecule is O=C(CNCC(c1ccccc1)N1CCCC1)c1ccc(S(=O)(=O)N2CCCC2)cc1. The second kappa shape index (κ2) is 10.0. The first-order valence-corrected chi connectivity index (χ1v) is 12.6. The van der Waals surface area contributed by atoms with Crippen molar-refractivity contribution >= 4 is 15.8 Å². The van der Waals surface area contributed by atoms with E-state index >= 15 is 0 Å². The largest absolute Gasteiger partial charge is 0.308 e. The third kappa shape index (κ3) is 5.23. The molecule has 2 saturated heterocycles. The van der Waals surface area contributed by atoms with E-state index in [4.69, 9.17) is 0 Å². The average Bonchev–Trinajstić information content (AvgIpc) is 3.52. The minimum Gasteiger partial charge on any atom is -0.308 e. The van der Waals surface area contributed by atoms with Crippen molar-refractivity contribution in [2.24, 2.45) is 0 Å². The van der Waals surface area contributed by atoms with Gasteiger partial charge in [-0.2, -0.15) is 4.31 Å². The van der Waals surface area contributed by atoms with Gasteiger partial charge >= 0.3 is 0 Å². The second-order valence-corrected chi connectivity index (χ2v) is 10.3. The number of hydrogen-bond donors (Lipinski definition) is 1. The Bertz CT molecular complexity index is 965. The number of hydrogen-bond acceptors (Lipinski definition) is 5. The first-order valence-electron chi connectivity index (χ1n) is 11.2. The second-order valence-electron chi connectivity index (χ2n) is 8.36. The van der Waals surface area contributed by atoms with Crippen LogP contribution in [-0.2, 0) is 10.0 Å². The highest BCUT2D eigenvalue weighted by molar-refractivity contribution is 7.89. The standard InChI is InChI=1S/C24H31N3O3S/c28-24(21-10-12-22(13-11-21)31(29,30)27-16-6-7-17-27)19-25-18-23(26-14-4-5-15-26)20-8-2-1-3-9-20/h1-3,8-13,23,25H,4-7,14-19H2. The lowest BCUT2D eigenvalue weighted by Crippen LogP contribution is -2.36. The van der Waals surface area contributed by atoms with Crippen molar-refractivity contribution < 1.29 is 13.2 Å². The summed E-state index contributed by atoms with van der Waals surface area (Å²) in [5.41, 5.74) is 1.80. The predicted octanol–water partition coefficient (Wildman–Crippen LogP) is 3.08. The Labute approximate surface area is 185 Å². The third-order valence-electron chi connectivity index (χ3n) is 6.27. The lowest BCUT2D eigenvalue weighted by Gasteiger charge is -2.28. The van der Waals surface area contributed by atoms with Crippen LogP contribution in [0.4, 0.5) is 0 Å². The molecular weight excluding hydrogens is 410 g/mol. The van der Waals surface area contributed by atoms with E-state index in [-0.39, 0.29) is 23.3 Å². The van der Waals surface area contributed by atoms with E-state index < -0.39 is 10.0 Å². The Morgan fingerprint density at radius 2 is 1.48 bits per heavy atom. The van der Waals surface area contributed by atoms with Gasteiger partial charge in [-0.05, 0) is 56.5 Å². The maximum atomic E-state index is 12.7. The zero-order valence-electron chi connectivity index (χ0n) is 17.9. The van der Waals surface area contributed by atoms with Crippen LogP contribution in [0.5, 0.6) is 0 Å². The van der Waals surface area contributed by atoms with Crippen LogP contribution < -0.4 is 5.32 Å². The quantitative estimate of drug-likeness (QED) is 0.606. The topological polar surface area (TPSA) is 69.7 Å². The smallest absolute Gasteiger partial charge is 0.243 e. The highest BCUT2D eigenvalue weighted by Gasteiger charge is 2.27. The Hall–Kier alpha value is -2.06. The summed E-state index contributed by atoms with van der Waals surface area (Å²) in [6, 6.07) is 17.0. The monoisotopic (exact) mass is 441 g/mol. The van der Waals surface area contributed by atoms with Crippen molar-refractivity contribution in [3.8, 4) is 0 Å². The summed E-state index contributed by atoms with van der Waals surface area (Å²) in [6.45, 7) is 4.26. The van der Waals surface area contributed by atoms with Crippen molar-refractivity contribution in [3.05, 3.63) is 65.7 Å². The van der Waals surface area contributed by atoms with E-state index in [9.17, 15) is 13.2 Å². The molecule has 0 aromatic heterocycles. The molecule has 2 fully saturated rings. The lowest BCUT2D eigenvalue weighted by molar-refractivity contribution is 0.0987. The van der Waals surface area contributed by atoms with Crippen LogP contribution in [0.25, 0.3) is 0 Å².